The summed E-state index contributed by atoms with van der Waals surface area (Å²) < 4.78 is 5.47. The van der Waals surface area contributed by atoms with Crippen molar-refractivity contribution in [2.75, 3.05) is 26.2 Å². The molecular formula is C18H28N4O2. The van der Waals surface area contributed by atoms with E-state index in [1.165, 1.54) is 5.56 Å². The van der Waals surface area contributed by atoms with Crippen molar-refractivity contribution >= 4 is 6.09 Å². The van der Waals surface area contributed by atoms with Gasteiger partial charge < -0.3 is 9.64 Å². The van der Waals surface area contributed by atoms with E-state index in [9.17, 15) is 4.79 Å². The maximum absolute atomic E-state index is 12.1. The number of aromatic nitrogens is 2. The Kier molecular flexibility index (Phi) is 4.51. The lowest BCUT2D eigenvalue weighted by Gasteiger charge is -2.54. The molecular weight excluding hydrogens is 304 g/mol. The predicted molar refractivity (Wildman–Crippen MR) is 91.5 cm³/mol. The summed E-state index contributed by atoms with van der Waals surface area (Å²) in [7, 11) is 0. The molecule has 0 aliphatic carbocycles. The third-order valence-corrected chi connectivity index (χ3v) is 4.83. The van der Waals surface area contributed by atoms with Crippen LogP contribution in [0.25, 0.3) is 0 Å². The van der Waals surface area contributed by atoms with E-state index < -0.39 is 5.60 Å². The number of aryl methyl sites for hydroxylation is 1. The van der Waals surface area contributed by atoms with E-state index in [0.717, 1.165) is 51.4 Å². The Labute approximate surface area is 144 Å². The van der Waals surface area contributed by atoms with Crippen LogP contribution in [0, 0.1) is 12.3 Å². The summed E-state index contributed by atoms with van der Waals surface area (Å²) in [5.74, 6) is 0.813. The van der Waals surface area contributed by atoms with Crippen molar-refractivity contribution in [2.24, 2.45) is 5.41 Å². The third-order valence-electron chi connectivity index (χ3n) is 4.83. The minimum atomic E-state index is -0.421. The molecule has 0 radical (unpaired) electrons. The summed E-state index contributed by atoms with van der Waals surface area (Å²) in [5.41, 5.74) is 1.13. The van der Waals surface area contributed by atoms with E-state index in [0.29, 0.717) is 5.41 Å². The van der Waals surface area contributed by atoms with Gasteiger partial charge in [-0.2, -0.15) is 0 Å². The molecule has 1 spiro atoms. The van der Waals surface area contributed by atoms with Gasteiger partial charge in [-0.3, -0.25) is 4.90 Å². The molecule has 3 heterocycles. The molecule has 132 valence electrons. The SMILES string of the molecule is Cc1ncc(CN2CC3(CCN(C(=O)OC(C)(C)C)CC3)C2)cn1. The molecule has 2 fully saturated rings. The highest BCUT2D eigenvalue weighted by molar-refractivity contribution is 5.68. The maximum Gasteiger partial charge on any atom is 0.410 e. The molecule has 2 aliphatic rings. The zero-order valence-corrected chi connectivity index (χ0v) is 15.2. The number of carbonyl (C=O) groups excluding carboxylic acids is 1. The standard InChI is InChI=1S/C18H28N4O2/c1-14-19-9-15(10-20-14)11-21-12-18(13-21)5-7-22(8-6-18)16(23)24-17(2,3)4/h9-10H,5-8,11-13H2,1-4H3. The normalized spacial score (nSPS) is 20.8. The van der Waals surface area contributed by atoms with Crippen molar-refractivity contribution < 1.29 is 9.53 Å². The Morgan fingerprint density at radius 2 is 1.79 bits per heavy atom. The second-order valence-electron chi connectivity index (χ2n) is 8.25. The van der Waals surface area contributed by atoms with Crippen LogP contribution >= 0.6 is 0 Å². The van der Waals surface area contributed by atoms with Gasteiger partial charge in [-0.1, -0.05) is 0 Å². The molecule has 0 unspecified atom stereocenters. The van der Waals surface area contributed by atoms with Gasteiger partial charge in [0.05, 0.1) is 0 Å². The monoisotopic (exact) mass is 332 g/mol. The zero-order chi connectivity index (χ0) is 17.4. The number of likely N-dealkylation sites (tertiary alicyclic amines) is 2. The molecule has 2 aliphatic heterocycles. The van der Waals surface area contributed by atoms with E-state index in [1.54, 1.807) is 0 Å². The fourth-order valence-electron chi connectivity index (χ4n) is 3.58. The minimum absolute atomic E-state index is 0.176. The molecule has 0 atom stereocenters. The Morgan fingerprint density at radius 1 is 1.21 bits per heavy atom. The van der Waals surface area contributed by atoms with Crippen molar-refractivity contribution in [3.63, 3.8) is 0 Å². The second-order valence-corrected chi connectivity index (χ2v) is 8.25. The number of hydrogen-bond acceptors (Lipinski definition) is 5. The first kappa shape index (κ1) is 17.1. The van der Waals surface area contributed by atoms with Crippen molar-refractivity contribution in [1.29, 1.82) is 0 Å². The first-order chi connectivity index (χ1) is 11.2. The van der Waals surface area contributed by atoms with Crippen LogP contribution in [0.4, 0.5) is 4.79 Å². The molecule has 0 saturated carbocycles. The highest BCUT2D eigenvalue weighted by Gasteiger charge is 2.45. The van der Waals surface area contributed by atoms with Crippen molar-refractivity contribution in [3.05, 3.63) is 23.8 Å². The highest BCUT2D eigenvalue weighted by Crippen LogP contribution is 2.41. The van der Waals surface area contributed by atoms with Crippen molar-refractivity contribution in [3.8, 4) is 0 Å². The van der Waals surface area contributed by atoms with Crippen LogP contribution in [0.2, 0.25) is 0 Å². The number of ether oxygens (including phenoxy) is 1. The van der Waals surface area contributed by atoms with Crippen molar-refractivity contribution in [2.45, 2.75) is 52.7 Å². The zero-order valence-electron chi connectivity index (χ0n) is 15.2. The summed E-state index contributed by atoms with van der Waals surface area (Å²) in [6.07, 6.45) is 5.78. The second kappa shape index (κ2) is 6.31. The first-order valence-electron chi connectivity index (χ1n) is 8.73. The lowest BCUT2D eigenvalue weighted by atomic mass is 9.72. The Morgan fingerprint density at radius 3 is 2.33 bits per heavy atom. The topological polar surface area (TPSA) is 58.6 Å². The number of rotatable bonds is 2. The van der Waals surface area contributed by atoms with Gasteiger partial charge in [0.15, 0.2) is 0 Å². The van der Waals surface area contributed by atoms with E-state index in [4.69, 9.17) is 4.74 Å². The van der Waals surface area contributed by atoms with Gasteiger partial charge in [0.2, 0.25) is 0 Å². The summed E-state index contributed by atoms with van der Waals surface area (Å²) in [6, 6.07) is 0. The van der Waals surface area contributed by atoms with E-state index in [2.05, 4.69) is 14.9 Å². The molecule has 1 aromatic heterocycles. The van der Waals surface area contributed by atoms with Gasteiger partial charge in [0.1, 0.15) is 11.4 Å². The van der Waals surface area contributed by atoms with Crippen LogP contribution in [-0.2, 0) is 11.3 Å². The van der Waals surface area contributed by atoms with Gasteiger partial charge in [0.25, 0.3) is 0 Å². The minimum Gasteiger partial charge on any atom is -0.444 e. The summed E-state index contributed by atoms with van der Waals surface area (Å²) >= 11 is 0. The van der Waals surface area contributed by atoms with Crippen molar-refractivity contribution in [1.82, 2.24) is 19.8 Å². The summed E-state index contributed by atoms with van der Waals surface area (Å²) in [4.78, 5) is 25.0. The predicted octanol–water partition coefficient (Wildman–Crippen LogP) is 2.62. The molecule has 6 nitrogen and oxygen atoms in total. The summed E-state index contributed by atoms with van der Waals surface area (Å²) in [6.45, 7) is 12.4. The average molecular weight is 332 g/mol. The Bertz CT molecular complexity index is 578. The molecule has 6 heteroatoms. The molecule has 1 aromatic rings. The smallest absolute Gasteiger partial charge is 0.410 e. The van der Waals surface area contributed by atoms with Gasteiger partial charge in [-0.15, -0.1) is 0 Å². The van der Waals surface area contributed by atoms with Gasteiger partial charge in [-0.25, -0.2) is 14.8 Å². The van der Waals surface area contributed by atoms with Crippen LogP contribution in [0.5, 0.6) is 0 Å². The van der Waals surface area contributed by atoms with Gasteiger partial charge in [0, 0.05) is 50.7 Å². The summed E-state index contributed by atoms with van der Waals surface area (Å²) in [5, 5.41) is 0. The van der Waals surface area contributed by atoms with E-state index in [-0.39, 0.29) is 6.09 Å². The number of piperidine rings is 1. The van der Waals surface area contributed by atoms with Crippen LogP contribution in [-0.4, -0.2) is 57.6 Å². The molecule has 1 amide bonds. The molecule has 0 N–H and O–H groups in total. The van der Waals surface area contributed by atoms with Crippen LogP contribution < -0.4 is 0 Å². The number of nitrogens with zero attached hydrogens (tertiary/aromatic N) is 4. The Balaban J connectivity index is 1.45. The number of amides is 1. The van der Waals surface area contributed by atoms with Gasteiger partial charge >= 0.3 is 6.09 Å². The number of hydrogen-bond donors (Lipinski definition) is 0. The molecule has 3 rings (SSSR count). The lowest BCUT2D eigenvalue weighted by Crippen LogP contribution is -2.60. The highest BCUT2D eigenvalue weighted by atomic mass is 16.6. The van der Waals surface area contributed by atoms with E-state index in [1.807, 2.05) is 45.0 Å². The maximum atomic E-state index is 12.1. The van der Waals surface area contributed by atoms with Gasteiger partial charge in [-0.05, 0) is 46.0 Å². The molecule has 2 saturated heterocycles. The fraction of sp³-hybridized carbons (Fsp3) is 0.722. The lowest BCUT2D eigenvalue weighted by molar-refractivity contribution is -0.0551. The van der Waals surface area contributed by atoms with Crippen LogP contribution in [0.1, 0.15) is 45.0 Å². The van der Waals surface area contributed by atoms with Crippen LogP contribution in [0.15, 0.2) is 12.4 Å². The molecule has 24 heavy (non-hydrogen) atoms. The van der Waals surface area contributed by atoms with Crippen LogP contribution in [0.3, 0.4) is 0 Å². The molecule has 0 bridgehead atoms. The Hall–Kier alpha value is -1.69. The molecule has 0 aromatic carbocycles. The quantitative estimate of drug-likeness (QED) is 0.833. The first-order valence-corrected chi connectivity index (χ1v) is 8.73. The number of carbonyl (C=O) groups is 1. The van der Waals surface area contributed by atoms with E-state index >= 15 is 0 Å². The fourth-order valence-corrected chi connectivity index (χ4v) is 3.58. The third kappa shape index (κ3) is 4.04. The largest absolute Gasteiger partial charge is 0.444 e. The average Bonchev–Trinajstić information content (AvgIpc) is 2.47.